The highest BCUT2D eigenvalue weighted by molar-refractivity contribution is 4.45. The van der Waals surface area contributed by atoms with Crippen LogP contribution < -0.4 is 0 Å². The van der Waals surface area contributed by atoms with E-state index in [0.29, 0.717) is 32.3 Å². The lowest BCUT2D eigenvalue weighted by molar-refractivity contribution is 0.0168. The average Bonchev–Trinajstić information content (AvgIpc) is 2.16. The molecule has 0 radical (unpaired) electrons. The van der Waals surface area contributed by atoms with E-state index in [1.54, 1.807) is 7.11 Å². The van der Waals surface area contributed by atoms with Crippen LogP contribution in [0, 0.1) is 5.92 Å². The van der Waals surface area contributed by atoms with E-state index in [1.807, 2.05) is 0 Å². The first-order chi connectivity index (χ1) is 6.31. The van der Waals surface area contributed by atoms with Crippen LogP contribution in [-0.2, 0) is 14.2 Å². The van der Waals surface area contributed by atoms with E-state index in [9.17, 15) is 0 Å². The van der Waals surface area contributed by atoms with Gasteiger partial charge in [-0.05, 0) is 5.92 Å². The second kappa shape index (κ2) is 9.96. The summed E-state index contributed by atoms with van der Waals surface area (Å²) < 4.78 is 15.5. The maximum atomic E-state index is 5.40. The predicted octanol–water partition coefficient (Wildman–Crippen LogP) is 1.71. The van der Waals surface area contributed by atoms with E-state index in [0.717, 1.165) is 6.61 Å². The van der Waals surface area contributed by atoms with E-state index in [2.05, 4.69) is 13.8 Å². The van der Waals surface area contributed by atoms with Crippen molar-refractivity contribution in [3.63, 3.8) is 0 Å². The molecule has 0 aliphatic heterocycles. The van der Waals surface area contributed by atoms with Gasteiger partial charge in [-0.25, -0.2) is 0 Å². The van der Waals surface area contributed by atoms with Crippen LogP contribution in [0.3, 0.4) is 0 Å². The maximum absolute atomic E-state index is 5.40. The van der Waals surface area contributed by atoms with Crippen LogP contribution in [0.1, 0.15) is 20.3 Å². The van der Waals surface area contributed by atoms with Crippen LogP contribution in [0.5, 0.6) is 0 Å². The van der Waals surface area contributed by atoms with Gasteiger partial charge in [0, 0.05) is 13.7 Å². The fourth-order valence-corrected chi connectivity index (χ4v) is 0.765. The molecule has 0 saturated carbocycles. The number of hydrogen-bond acceptors (Lipinski definition) is 3. The fourth-order valence-electron chi connectivity index (χ4n) is 0.765. The van der Waals surface area contributed by atoms with E-state index in [4.69, 9.17) is 14.2 Å². The van der Waals surface area contributed by atoms with Gasteiger partial charge in [0.1, 0.15) is 0 Å². The summed E-state index contributed by atoms with van der Waals surface area (Å²) in [6.07, 6.45) is 1.17. The zero-order valence-electron chi connectivity index (χ0n) is 9.04. The van der Waals surface area contributed by atoms with Crippen LogP contribution in [-0.4, -0.2) is 40.1 Å². The molecular weight excluding hydrogens is 168 g/mol. The Labute approximate surface area is 81.4 Å². The van der Waals surface area contributed by atoms with Gasteiger partial charge in [0.05, 0.1) is 26.4 Å². The van der Waals surface area contributed by atoms with Crippen LogP contribution in [0.4, 0.5) is 0 Å². The summed E-state index contributed by atoms with van der Waals surface area (Å²) in [5.74, 6) is 0.652. The molecule has 0 aliphatic rings. The normalized spacial score (nSPS) is 13.2. The molecular formula is C10H22O3. The van der Waals surface area contributed by atoms with Gasteiger partial charge in [0.25, 0.3) is 0 Å². The zero-order valence-corrected chi connectivity index (χ0v) is 9.04. The van der Waals surface area contributed by atoms with Gasteiger partial charge >= 0.3 is 0 Å². The molecule has 13 heavy (non-hydrogen) atoms. The summed E-state index contributed by atoms with van der Waals surface area (Å²) in [4.78, 5) is 0. The smallest absolute Gasteiger partial charge is 0.0701 e. The van der Waals surface area contributed by atoms with Gasteiger partial charge in [-0.2, -0.15) is 0 Å². The van der Waals surface area contributed by atoms with Crippen molar-refractivity contribution in [1.29, 1.82) is 0 Å². The number of rotatable bonds is 9. The zero-order chi connectivity index (χ0) is 9.94. The first-order valence-corrected chi connectivity index (χ1v) is 4.95. The third kappa shape index (κ3) is 9.80. The van der Waals surface area contributed by atoms with Crippen LogP contribution in [0.15, 0.2) is 0 Å². The van der Waals surface area contributed by atoms with Crippen LogP contribution in [0.2, 0.25) is 0 Å². The molecule has 0 heterocycles. The SMILES string of the molecule is CCC(C)COCCOCCOC. The molecule has 1 unspecified atom stereocenters. The van der Waals surface area contributed by atoms with Crippen molar-refractivity contribution in [3.8, 4) is 0 Å². The predicted molar refractivity (Wildman–Crippen MR) is 53.0 cm³/mol. The molecule has 0 spiro atoms. The Morgan fingerprint density at radius 3 is 2.23 bits per heavy atom. The topological polar surface area (TPSA) is 27.7 Å². The van der Waals surface area contributed by atoms with Gasteiger partial charge in [-0.1, -0.05) is 20.3 Å². The molecule has 0 aromatic heterocycles. The van der Waals surface area contributed by atoms with E-state index >= 15 is 0 Å². The Hall–Kier alpha value is -0.120. The van der Waals surface area contributed by atoms with Crippen molar-refractivity contribution in [2.24, 2.45) is 5.92 Å². The molecule has 0 aromatic carbocycles. The molecule has 0 amide bonds. The number of hydrogen-bond donors (Lipinski definition) is 0. The van der Waals surface area contributed by atoms with Crippen LogP contribution in [0.25, 0.3) is 0 Å². The lowest BCUT2D eigenvalue weighted by Gasteiger charge is -2.09. The minimum Gasteiger partial charge on any atom is -0.382 e. The Morgan fingerprint density at radius 1 is 1.00 bits per heavy atom. The van der Waals surface area contributed by atoms with Gasteiger partial charge in [0.2, 0.25) is 0 Å². The molecule has 0 bridgehead atoms. The largest absolute Gasteiger partial charge is 0.382 e. The average molecular weight is 190 g/mol. The molecule has 0 N–H and O–H groups in total. The van der Waals surface area contributed by atoms with E-state index < -0.39 is 0 Å². The van der Waals surface area contributed by atoms with Crippen molar-refractivity contribution in [1.82, 2.24) is 0 Å². The highest BCUT2D eigenvalue weighted by Gasteiger charge is 1.97. The summed E-state index contributed by atoms with van der Waals surface area (Å²) in [5, 5.41) is 0. The van der Waals surface area contributed by atoms with Crippen molar-refractivity contribution in [3.05, 3.63) is 0 Å². The Kier molecular flexibility index (Phi) is 9.87. The minimum atomic E-state index is 0.652. The van der Waals surface area contributed by atoms with Crippen molar-refractivity contribution in [2.75, 3.05) is 40.1 Å². The molecule has 0 saturated heterocycles. The van der Waals surface area contributed by atoms with Gasteiger partial charge < -0.3 is 14.2 Å². The quantitative estimate of drug-likeness (QED) is 0.518. The van der Waals surface area contributed by atoms with E-state index in [-0.39, 0.29) is 0 Å². The highest BCUT2D eigenvalue weighted by Crippen LogP contribution is 1.99. The van der Waals surface area contributed by atoms with Gasteiger partial charge in [-0.15, -0.1) is 0 Å². The number of ether oxygens (including phenoxy) is 3. The summed E-state index contributed by atoms with van der Waals surface area (Å²) in [6.45, 7) is 7.86. The molecule has 0 aliphatic carbocycles. The number of methoxy groups -OCH3 is 1. The molecule has 80 valence electrons. The summed E-state index contributed by atoms with van der Waals surface area (Å²) in [6, 6.07) is 0. The molecule has 0 rings (SSSR count). The lowest BCUT2D eigenvalue weighted by Crippen LogP contribution is -2.11. The molecule has 3 nitrogen and oxygen atoms in total. The molecule has 3 heteroatoms. The van der Waals surface area contributed by atoms with Crippen molar-refractivity contribution >= 4 is 0 Å². The van der Waals surface area contributed by atoms with Crippen molar-refractivity contribution in [2.45, 2.75) is 20.3 Å². The molecule has 1 atom stereocenters. The summed E-state index contributed by atoms with van der Waals surface area (Å²) in [7, 11) is 1.67. The Bertz CT molecular complexity index is 96.2. The second-order valence-electron chi connectivity index (χ2n) is 3.19. The van der Waals surface area contributed by atoms with Gasteiger partial charge in [0.15, 0.2) is 0 Å². The third-order valence-electron chi connectivity index (χ3n) is 1.90. The monoisotopic (exact) mass is 190 g/mol. The van der Waals surface area contributed by atoms with E-state index in [1.165, 1.54) is 6.42 Å². The summed E-state index contributed by atoms with van der Waals surface area (Å²) >= 11 is 0. The molecule has 0 fully saturated rings. The maximum Gasteiger partial charge on any atom is 0.0701 e. The first kappa shape index (κ1) is 12.9. The summed E-state index contributed by atoms with van der Waals surface area (Å²) in [5.41, 5.74) is 0. The minimum absolute atomic E-state index is 0.652. The Balaban J connectivity index is 2.91. The van der Waals surface area contributed by atoms with Crippen LogP contribution >= 0.6 is 0 Å². The molecule has 0 aromatic rings. The lowest BCUT2D eigenvalue weighted by atomic mass is 10.1. The second-order valence-corrected chi connectivity index (χ2v) is 3.19. The standard InChI is InChI=1S/C10H22O3/c1-4-10(2)9-13-8-7-12-6-5-11-3/h10H,4-9H2,1-3H3. The van der Waals surface area contributed by atoms with Crippen molar-refractivity contribution < 1.29 is 14.2 Å². The fraction of sp³-hybridized carbons (Fsp3) is 1.00. The third-order valence-corrected chi connectivity index (χ3v) is 1.90. The highest BCUT2D eigenvalue weighted by atomic mass is 16.5. The first-order valence-electron chi connectivity index (χ1n) is 4.95. The Morgan fingerprint density at radius 2 is 1.62 bits per heavy atom. The van der Waals surface area contributed by atoms with Gasteiger partial charge in [-0.3, -0.25) is 0 Å².